The number of hydrogen-bond acceptors (Lipinski definition) is 1. The lowest BCUT2D eigenvalue weighted by Crippen LogP contribution is -2.55. The second-order valence-electron chi connectivity index (χ2n) is 10.4. The predicted octanol–water partition coefficient (Wildman–Crippen LogP) is 7.50. The molecule has 30 heavy (non-hydrogen) atoms. The van der Waals surface area contributed by atoms with E-state index < -0.39 is 8.07 Å². The molecule has 0 amide bonds. The highest BCUT2D eigenvalue weighted by molar-refractivity contribution is 6.96. The van der Waals surface area contributed by atoms with E-state index in [1.165, 1.54) is 44.4 Å². The Morgan fingerprint density at radius 1 is 0.833 bits per heavy atom. The summed E-state index contributed by atoms with van der Waals surface area (Å²) in [6.45, 7) is 19.2. The van der Waals surface area contributed by atoms with Crippen molar-refractivity contribution in [3.63, 3.8) is 0 Å². The van der Waals surface area contributed by atoms with Crippen LogP contribution < -0.4 is 5.19 Å². The minimum absolute atomic E-state index is 0.699. The average molecular weight is 416 g/mol. The van der Waals surface area contributed by atoms with Crippen LogP contribution in [0, 0.1) is 13.8 Å². The van der Waals surface area contributed by atoms with Gasteiger partial charge >= 0.3 is 0 Å². The van der Waals surface area contributed by atoms with E-state index in [1.54, 1.807) is 5.19 Å². The molecule has 1 nitrogen and oxygen atoms in total. The molecule has 0 aliphatic heterocycles. The molecule has 0 N–H and O–H groups in total. The van der Waals surface area contributed by atoms with Gasteiger partial charge in [-0.25, -0.2) is 4.98 Å². The van der Waals surface area contributed by atoms with Gasteiger partial charge in [-0.2, -0.15) is 0 Å². The Morgan fingerprint density at radius 3 is 2.13 bits per heavy atom. The third-order valence-corrected chi connectivity index (χ3v) is 14.9. The summed E-state index contributed by atoms with van der Waals surface area (Å²) in [7, 11) is -1.74. The van der Waals surface area contributed by atoms with E-state index in [0.717, 1.165) is 12.8 Å². The quantitative estimate of drug-likeness (QED) is 0.402. The Labute approximate surface area is 184 Å². The topological polar surface area (TPSA) is 12.9 Å². The van der Waals surface area contributed by atoms with Gasteiger partial charge in [-0.1, -0.05) is 65.3 Å². The molecule has 2 aromatic carbocycles. The van der Waals surface area contributed by atoms with Crippen molar-refractivity contribution < 1.29 is 0 Å². The number of nitrogens with zero attached hydrogens (tertiary/aromatic N) is 1. The largest absolute Gasteiger partial charge is 0.247 e. The van der Waals surface area contributed by atoms with Crippen molar-refractivity contribution >= 4 is 24.2 Å². The van der Waals surface area contributed by atoms with Crippen molar-refractivity contribution in [2.45, 2.75) is 84.9 Å². The summed E-state index contributed by atoms with van der Waals surface area (Å²) in [6, 6.07) is 14.1. The molecule has 2 heteroatoms. The first-order chi connectivity index (χ1) is 14.2. The first-order valence-corrected chi connectivity index (χ1v) is 13.9. The van der Waals surface area contributed by atoms with Gasteiger partial charge in [0.25, 0.3) is 0 Å². The third kappa shape index (κ3) is 3.07. The average Bonchev–Trinajstić information content (AvgIpc) is 2.66. The Bertz CT molecular complexity index is 1090. The number of benzene rings is 2. The van der Waals surface area contributed by atoms with Crippen LogP contribution in [0.4, 0.5) is 0 Å². The zero-order valence-corrected chi connectivity index (χ0v) is 21.1. The number of aryl methyl sites for hydroxylation is 3. The van der Waals surface area contributed by atoms with Gasteiger partial charge in [0, 0.05) is 5.56 Å². The summed E-state index contributed by atoms with van der Waals surface area (Å²) in [4.78, 5) is 5.31. The minimum atomic E-state index is -1.74. The second kappa shape index (κ2) is 7.64. The van der Waals surface area contributed by atoms with Crippen molar-refractivity contribution in [2.24, 2.45) is 0 Å². The summed E-state index contributed by atoms with van der Waals surface area (Å²) in [5.74, 6) is 0. The molecule has 4 rings (SSSR count). The Balaban J connectivity index is 2.02. The summed E-state index contributed by atoms with van der Waals surface area (Å²) in [6.07, 6.45) is 2.23. The molecule has 158 valence electrons. The smallest absolute Gasteiger partial charge is 0.0951 e. The highest BCUT2D eigenvalue weighted by atomic mass is 28.3. The summed E-state index contributed by atoms with van der Waals surface area (Å²) < 4.78 is 0. The van der Waals surface area contributed by atoms with Crippen LogP contribution in [0.3, 0.4) is 0 Å². The van der Waals surface area contributed by atoms with Crippen molar-refractivity contribution in [1.29, 1.82) is 0 Å². The molecule has 1 aliphatic rings. The molecular weight excluding hydrogens is 378 g/mol. The van der Waals surface area contributed by atoms with Crippen molar-refractivity contribution in [3.8, 4) is 11.3 Å². The summed E-state index contributed by atoms with van der Waals surface area (Å²) >= 11 is 0. The van der Waals surface area contributed by atoms with Gasteiger partial charge in [0.15, 0.2) is 0 Å². The lowest BCUT2D eigenvalue weighted by Gasteiger charge is -2.44. The normalized spacial score (nSPS) is 14.0. The molecule has 0 unspecified atom stereocenters. The van der Waals surface area contributed by atoms with Gasteiger partial charge in [0.2, 0.25) is 0 Å². The maximum atomic E-state index is 5.31. The molecule has 0 spiro atoms. The van der Waals surface area contributed by atoms with Crippen molar-refractivity contribution in [1.82, 2.24) is 4.98 Å². The standard InChI is InChI=1S/C28H37NSi/c1-17(2)30(18(3)4,19(5)6)27-11-9-10-26-25(27)16-22-12-13-23-21(8)14-20(7)15-24(23)28(22)29-26/h9-11,14-19H,12-13H2,1-8H3. The fourth-order valence-corrected chi connectivity index (χ4v) is 13.7. The predicted molar refractivity (Wildman–Crippen MR) is 135 cm³/mol. The number of pyridine rings is 1. The number of fused-ring (bicyclic) bond motifs is 4. The highest BCUT2D eigenvalue weighted by Crippen LogP contribution is 2.43. The van der Waals surface area contributed by atoms with E-state index in [0.29, 0.717) is 16.6 Å². The van der Waals surface area contributed by atoms with Gasteiger partial charge in [-0.3, -0.25) is 0 Å². The summed E-state index contributed by atoms with van der Waals surface area (Å²) in [5, 5.41) is 3.05. The molecule has 0 atom stereocenters. The number of rotatable bonds is 4. The monoisotopic (exact) mass is 415 g/mol. The van der Waals surface area contributed by atoms with E-state index in [1.807, 2.05) is 0 Å². The minimum Gasteiger partial charge on any atom is -0.247 e. The van der Waals surface area contributed by atoms with Gasteiger partial charge in [-0.15, -0.1) is 0 Å². The van der Waals surface area contributed by atoms with Crippen molar-refractivity contribution in [3.05, 3.63) is 58.7 Å². The van der Waals surface area contributed by atoms with Crippen LogP contribution in [0.25, 0.3) is 22.2 Å². The van der Waals surface area contributed by atoms with Crippen LogP contribution in [0.2, 0.25) is 16.6 Å². The first-order valence-electron chi connectivity index (χ1n) is 11.7. The van der Waals surface area contributed by atoms with Gasteiger partial charge in [0.1, 0.15) is 0 Å². The van der Waals surface area contributed by atoms with E-state index in [4.69, 9.17) is 4.98 Å². The summed E-state index contributed by atoms with van der Waals surface area (Å²) in [5.41, 5.74) is 11.5. The lowest BCUT2D eigenvalue weighted by atomic mass is 9.85. The van der Waals surface area contributed by atoms with Crippen LogP contribution in [0.15, 0.2) is 36.4 Å². The number of hydrogen-bond donors (Lipinski definition) is 0. The molecule has 1 aromatic heterocycles. The molecule has 0 saturated heterocycles. The molecule has 1 aliphatic carbocycles. The van der Waals surface area contributed by atoms with Crippen LogP contribution in [-0.4, -0.2) is 13.1 Å². The van der Waals surface area contributed by atoms with Crippen LogP contribution in [0.1, 0.15) is 63.8 Å². The SMILES string of the molecule is Cc1cc(C)c2c(c1)-c1nc3cccc([Si](C(C)C)(C(C)C)C(C)C)c3cc1CC2. The molecular formula is C28H37NSi. The van der Waals surface area contributed by atoms with Crippen LogP contribution in [0.5, 0.6) is 0 Å². The van der Waals surface area contributed by atoms with Crippen LogP contribution >= 0.6 is 0 Å². The highest BCUT2D eigenvalue weighted by Gasteiger charge is 2.45. The Morgan fingerprint density at radius 2 is 1.50 bits per heavy atom. The Kier molecular flexibility index (Phi) is 5.42. The maximum Gasteiger partial charge on any atom is 0.0951 e. The van der Waals surface area contributed by atoms with Gasteiger partial charge in [0.05, 0.1) is 19.3 Å². The lowest BCUT2D eigenvalue weighted by molar-refractivity contribution is 0.836. The molecule has 0 bridgehead atoms. The van der Waals surface area contributed by atoms with E-state index in [9.17, 15) is 0 Å². The maximum absolute atomic E-state index is 5.31. The number of aromatic nitrogens is 1. The zero-order chi connectivity index (χ0) is 21.8. The fraction of sp³-hybridized carbons (Fsp3) is 0.464. The van der Waals surface area contributed by atoms with Gasteiger partial charge < -0.3 is 0 Å². The zero-order valence-electron chi connectivity index (χ0n) is 20.1. The van der Waals surface area contributed by atoms with E-state index >= 15 is 0 Å². The molecule has 0 fully saturated rings. The molecule has 0 radical (unpaired) electrons. The second-order valence-corrected chi connectivity index (χ2v) is 16.2. The molecule has 1 heterocycles. The molecule has 0 saturated carbocycles. The van der Waals surface area contributed by atoms with Gasteiger partial charge in [-0.05, 0) is 88.8 Å². The van der Waals surface area contributed by atoms with E-state index in [2.05, 4.69) is 91.8 Å². The Hall–Kier alpha value is -1.93. The van der Waals surface area contributed by atoms with Crippen molar-refractivity contribution in [2.75, 3.05) is 0 Å². The third-order valence-electron chi connectivity index (χ3n) is 7.79. The molecule has 3 aromatic rings. The van der Waals surface area contributed by atoms with Crippen LogP contribution in [-0.2, 0) is 12.8 Å². The van der Waals surface area contributed by atoms with E-state index in [-0.39, 0.29) is 0 Å². The fourth-order valence-electron chi connectivity index (χ4n) is 6.77. The first kappa shape index (κ1) is 21.3.